The lowest BCUT2D eigenvalue weighted by Gasteiger charge is -2.40. The number of hydrogen-bond donors (Lipinski definition) is 6. The van der Waals surface area contributed by atoms with E-state index in [-0.39, 0.29) is 25.4 Å². The Bertz CT molecular complexity index is 1210. The molecule has 0 aromatic carbocycles. The predicted octanol–water partition coefficient (Wildman–Crippen LogP) is 10.3. The fourth-order valence-corrected chi connectivity index (χ4v) is 7.29. The maximum atomic E-state index is 13.0. The van der Waals surface area contributed by atoms with E-state index in [0.717, 1.165) is 57.8 Å². The first-order valence-electron chi connectivity index (χ1n) is 26.7. The van der Waals surface area contributed by atoms with E-state index in [2.05, 4.69) is 24.4 Å². The molecule has 9 heteroatoms. The predicted molar refractivity (Wildman–Crippen MR) is 235 cm³/mol. The van der Waals surface area contributed by atoms with Gasteiger partial charge in [-0.25, -0.2) is 0 Å². The van der Waals surface area contributed by atoms with Crippen LogP contribution < -0.4 is 5.32 Å². The zero-order valence-corrected chi connectivity index (χ0v) is 35.9. The van der Waals surface area contributed by atoms with Crippen LogP contribution in [-0.4, -0.2) is 87.5 Å². The van der Waals surface area contributed by atoms with E-state index < -0.39 is 69.1 Å². The van der Waals surface area contributed by atoms with Gasteiger partial charge in [0.25, 0.3) is 0 Å². The molecule has 6 N–H and O–H groups in total. The van der Waals surface area contributed by atoms with E-state index in [0.29, 0.717) is 25.7 Å². The molecule has 1 amide bonds. The fraction of sp³-hybridized carbons (Fsp3) is 0.896. The van der Waals surface area contributed by atoms with Crippen LogP contribution >= 0.6 is 0 Å². The van der Waals surface area contributed by atoms with Crippen molar-refractivity contribution in [3.63, 3.8) is 0 Å². The molecule has 0 aromatic rings. The number of rotatable bonds is 40. The molecule has 1 rings (SSSR count). The van der Waals surface area contributed by atoms with E-state index >= 15 is 0 Å². The maximum Gasteiger partial charge on any atom is 0.220 e. The number of carbonyl (C=O) groups excluding carboxylic acids is 1. The van der Waals surface area contributed by atoms with Crippen LogP contribution in [0, 0.1) is 0 Å². The number of aliphatic hydroxyl groups excluding tert-OH is 5. The molecule has 7 atom stereocenters. The molecule has 0 spiro atoms. The summed E-state index contributed by atoms with van der Waals surface area (Å²) in [5.74, 6) is -0.238. The minimum Gasteiger partial charge on any atom is -0.394 e. The molecule has 1 aliphatic rings. The number of allylic oxidation sites excluding steroid dienone is 3. The van der Waals surface area contributed by atoms with E-state index in [9.17, 15) is 30.3 Å². The second kappa shape index (κ2) is 38.8. The molecule has 0 bridgehead atoms. The van der Waals surface area contributed by atoms with Crippen molar-refractivity contribution in [3.05, 3.63) is 24.3 Å². The molecule has 0 unspecified atom stereocenters. The van der Waals surface area contributed by atoms with Crippen molar-refractivity contribution < 1.29 is 49.4 Å². The summed E-state index contributed by atoms with van der Waals surface area (Å²) in [4.78, 5) is 13.0. The summed E-state index contributed by atoms with van der Waals surface area (Å²) >= 11 is 0. The van der Waals surface area contributed by atoms with Gasteiger partial charge in [0.1, 0.15) is 24.4 Å². The van der Waals surface area contributed by atoms with E-state index in [1.165, 1.54) is 96.3 Å². The lowest BCUT2D eigenvalue weighted by molar-refractivity contribution is -0.302. The molecule has 9 nitrogen and oxygen atoms in total. The molecule has 1 fully saturated rings. The average Bonchev–Trinajstić information content (AvgIpc) is 3.25. The zero-order valence-electron chi connectivity index (χ0n) is 42.9. The summed E-state index contributed by atoms with van der Waals surface area (Å²) in [5.41, 5.74) is 0. The minimum atomic E-state index is -3.02. The Balaban J connectivity index is 2.36. The minimum absolute atomic E-state index is 0.139. The van der Waals surface area contributed by atoms with Crippen molar-refractivity contribution in [1.82, 2.24) is 5.32 Å². The number of carbonyl (C=O) groups is 1. The molecule has 0 aliphatic carbocycles. The smallest absolute Gasteiger partial charge is 0.220 e. The highest BCUT2D eigenvalue weighted by Crippen LogP contribution is 2.23. The first kappa shape index (κ1) is 42.4. The van der Waals surface area contributed by atoms with Crippen molar-refractivity contribution in [1.29, 1.82) is 0 Å². The number of unbranched alkanes of at least 4 members (excludes halogenated alkanes) is 25. The SMILES string of the molecule is [2H]C([2H])([2H])C([2H])([2H])C([2H])([2H])CCCCCCCCCC/C=C/[C@@H](O)[C@H](CO[C@@H]1O[C@H](CO)[C@H](O)[C@H](O)[C@H]1O)NC(=O)CCCCCCCCCCCCC/C=C\CCCCCCCC. The third-order valence-electron chi connectivity index (χ3n) is 11.1. The number of nitrogens with one attached hydrogen (secondary N) is 1. The topological polar surface area (TPSA) is 149 Å². The molecular formula is C48H91NO8. The fourth-order valence-electron chi connectivity index (χ4n) is 7.29. The summed E-state index contributed by atoms with van der Waals surface area (Å²) in [6.07, 6.45) is 25.3. The Morgan fingerprint density at radius 3 is 1.67 bits per heavy atom. The molecule has 1 heterocycles. The van der Waals surface area contributed by atoms with Crippen molar-refractivity contribution >= 4 is 5.91 Å². The van der Waals surface area contributed by atoms with Gasteiger partial charge in [-0.1, -0.05) is 192 Å². The Morgan fingerprint density at radius 1 is 0.684 bits per heavy atom. The molecule has 336 valence electrons. The molecule has 57 heavy (non-hydrogen) atoms. The standard InChI is InChI=1S/C48H91NO8/c1-3-5-7-9-11-13-15-17-18-19-20-21-22-23-24-26-28-30-32-34-36-38-44(52)49-41(40-56-48-47(55)46(54)45(53)43(39-50)57-48)42(51)37-35-33-31-29-27-25-16-14-12-10-8-6-4-2/h17-18,35,37,41-43,45-48,50-51,53-55H,3-16,19-34,36,38-40H2,1-2H3,(H,49,52)/b18-17-,37-35+/t41-,42+,43+,45-,46-,47+,48+/m0/s1/i2D3,4D2,6D2. The number of amides is 1. The number of ether oxygens (including phenoxy) is 2. The monoisotopic (exact) mass is 817 g/mol. The molecule has 0 saturated carbocycles. The Morgan fingerprint density at radius 2 is 1.16 bits per heavy atom. The Hall–Kier alpha value is -1.33. The van der Waals surface area contributed by atoms with Crippen LogP contribution in [-0.2, 0) is 14.3 Å². The molecule has 1 saturated heterocycles. The highest BCUT2D eigenvalue weighted by molar-refractivity contribution is 5.76. The summed E-state index contributed by atoms with van der Waals surface area (Å²) in [6.45, 7) is -1.62. The highest BCUT2D eigenvalue weighted by atomic mass is 16.7. The van der Waals surface area contributed by atoms with Crippen LogP contribution in [0.1, 0.15) is 229 Å². The van der Waals surface area contributed by atoms with Crippen LogP contribution in [0.2, 0.25) is 0 Å². The largest absolute Gasteiger partial charge is 0.394 e. The maximum absolute atomic E-state index is 13.0. The van der Waals surface area contributed by atoms with E-state index in [4.69, 9.17) is 19.1 Å². The summed E-state index contributed by atoms with van der Waals surface area (Å²) in [6, 6.07) is -0.884. The Labute approximate surface area is 359 Å². The van der Waals surface area contributed by atoms with Gasteiger partial charge in [0.15, 0.2) is 6.29 Å². The van der Waals surface area contributed by atoms with Gasteiger partial charge in [-0.15, -0.1) is 0 Å². The summed E-state index contributed by atoms with van der Waals surface area (Å²) in [7, 11) is 0. The lowest BCUT2D eigenvalue weighted by atomic mass is 9.99. The van der Waals surface area contributed by atoms with Crippen molar-refractivity contribution in [2.75, 3.05) is 13.2 Å². The van der Waals surface area contributed by atoms with Crippen LogP contribution in [0.5, 0.6) is 0 Å². The lowest BCUT2D eigenvalue weighted by Crippen LogP contribution is -2.60. The highest BCUT2D eigenvalue weighted by Gasteiger charge is 2.44. The molecule has 0 aromatic heterocycles. The first-order chi connectivity index (χ1) is 30.5. The van der Waals surface area contributed by atoms with E-state index in [1.54, 1.807) is 6.08 Å². The normalized spacial score (nSPS) is 23.7. The quantitative estimate of drug-likeness (QED) is 0.0265. The van der Waals surface area contributed by atoms with Crippen LogP contribution in [0.15, 0.2) is 24.3 Å². The third-order valence-corrected chi connectivity index (χ3v) is 11.1. The van der Waals surface area contributed by atoms with Gasteiger partial charge in [-0.05, 0) is 44.9 Å². The molecule has 0 radical (unpaired) electrons. The number of aliphatic hydroxyl groups is 5. The van der Waals surface area contributed by atoms with Gasteiger partial charge >= 0.3 is 0 Å². The van der Waals surface area contributed by atoms with Gasteiger partial charge in [0, 0.05) is 16.0 Å². The second-order valence-electron chi connectivity index (χ2n) is 16.2. The van der Waals surface area contributed by atoms with Crippen molar-refractivity contribution in [3.8, 4) is 0 Å². The van der Waals surface area contributed by atoms with Gasteiger partial charge < -0.3 is 40.3 Å². The van der Waals surface area contributed by atoms with Crippen molar-refractivity contribution in [2.24, 2.45) is 0 Å². The zero-order chi connectivity index (χ0) is 47.7. The van der Waals surface area contributed by atoms with Gasteiger partial charge in [-0.3, -0.25) is 4.79 Å². The van der Waals surface area contributed by atoms with Gasteiger partial charge in [-0.2, -0.15) is 0 Å². The van der Waals surface area contributed by atoms with Crippen LogP contribution in [0.25, 0.3) is 0 Å². The Kier molecular flexibility index (Phi) is 28.9. The summed E-state index contributed by atoms with van der Waals surface area (Å²) in [5, 5.41) is 54.2. The first-order valence-corrected chi connectivity index (χ1v) is 23.2. The number of hydrogen-bond acceptors (Lipinski definition) is 8. The van der Waals surface area contributed by atoms with Crippen LogP contribution in [0.3, 0.4) is 0 Å². The van der Waals surface area contributed by atoms with Crippen molar-refractivity contribution in [2.45, 2.75) is 262 Å². The molecular weight excluding hydrogens is 719 g/mol. The average molecular weight is 817 g/mol. The molecule has 1 aliphatic heterocycles. The second-order valence-corrected chi connectivity index (χ2v) is 16.2. The van der Waals surface area contributed by atoms with E-state index in [1.807, 2.05) is 6.08 Å². The van der Waals surface area contributed by atoms with Gasteiger partial charge in [0.05, 0.1) is 25.4 Å². The van der Waals surface area contributed by atoms with Gasteiger partial charge in [0.2, 0.25) is 5.91 Å². The summed E-state index contributed by atoms with van der Waals surface area (Å²) < 4.78 is 64.4. The third kappa shape index (κ3) is 29.5. The van der Waals surface area contributed by atoms with Crippen LogP contribution in [0.4, 0.5) is 0 Å².